The van der Waals surface area contributed by atoms with Crippen molar-refractivity contribution in [2.24, 2.45) is 5.10 Å². The zero-order valence-electron chi connectivity index (χ0n) is 16.7. The van der Waals surface area contributed by atoms with Gasteiger partial charge < -0.3 is 14.8 Å². The Labute approximate surface area is 180 Å². The van der Waals surface area contributed by atoms with Crippen molar-refractivity contribution in [3.05, 3.63) is 59.4 Å². The second kappa shape index (κ2) is 10.7. The molecule has 1 saturated carbocycles. The van der Waals surface area contributed by atoms with Crippen LogP contribution in [0.1, 0.15) is 48.0 Å². The first kappa shape index (κ1) is 21.7. The Morgan fingerprint density at radius 2 is 1.87 bits per heavy atom. The molecule has 2 N–H and O–H groups in total. The van der Waals surface area contributed by atoms with E-state index < -0.39 is 11.8 Å². The van der Waals surface area contributed by atoms with Gasteiger partial charge in [-0.3, -0.25) is 5.43 Å². The minimum atomic E-state index is -0.601. The number of halogens is 1. The summed E-state index contributed by atoms with van der Waals surface area (Å²) in [5, 5.41) is 7.93. The number of rotatable bonds is 6. The van der Waals surface area contributed by atoms with Crippen LogP contribution in [-0.4, -0.2) is 30.4 Å². The van der Waals surface area contributed by atoms with Gasteiger partial charge in [0.25, 0.3) is 0 Å². The molecule has 1 fully saturated rings. The molecule has 2 aromatic rings. The maximum atomic E-state index is 13.0. The van der Waals surface area contributed by atoms with E-state index in [0.717, 1.165) is 18.4 Å². The van der Waals surface area contributed by atoms with E-state index in [1.807, 2.05) is 0 Å². The van der Waals surface area contributed by atoms with Crippen molar-refractivity contribution >= 4 is 29.5 Å². The van der Waals surface area contributed by atoms with Crippen LogP contribution in [0.3, 0.4) is 0 Å². The second-order valence-electron chi connectivity index (χ2n) is 6.99. The molecule has 6 nitrogen and oxygen atoms in total. The highest BCUT2D eigenvalue weighted by Gasteiger charge is 2.14. The van der Waals surface area contributed by atoms with Gasteiger partial charge in [0.15, 0.2) is 16.6 Å². The highest BCUT2D eigenvalue weighted by Crippen LogP contribution is 2.28. The third-order valence-corrected chi connectivity index (χ3v) is 5.00. The van der Waals surface area contributed by atoms with E-state index >= 15 is 0 Å². The van der Waals surface area contributed by atoms with Gasteiger partial charge in [-0.25, -0.2) is 9.18 Å². The lowest BCUT2D eigenvalue weighted by Gasteiger charge is -2.23. The monoisotopic (exact) mass is 429 g/mol. The molecule has 2 aromatic carbocycles. The standard InChI is InChI=1S/C22H24FN3O3S/c1-28-20-13-15(14-24-26-22(30)25-18-5-3-2-4-6-18)7-12-19(20)29-21(27)16-8-10-17(23)11-9-16/h7-14,18H,2-6H2,1H3,(H2,25,26,30). The number of benzene rings is 2. The molecule has 0 aromatic heterocycles. The summed E-state index contributed by atoms with van der Waals surface area (Å²) in [6.07, 6.45) is 7.58. The first-order valence-corrected chi connectivity index (χ1v) is 10.2. The Bertz CT molecular complexity index is 912. The fourth-order valence-corrected chi connectivity index (χ4v) is 3.44. The van der Waals surface area contributed by atoms with E-state index in [1.54, 1.807) is 24.4 Å². The zero-order valence-corrected chi connectivity index (χ0v) is 17.5. The molecule has 0 saturated heterocycles. The normalized spacial score (nSPS) is 14.3. The molecule has 0 bridgehead atoms. The second-order valence-corrected chi connectivity index (χ2v) is 7.39. The van der Waals surface area contributed by atoms with Crippen molar-refractivity contribution in [3.8, 4) is 11.5 Å². The molecular formula is C22H24FN3O3S. The number of ether oxygens (including phenoxy) is 2. The van der Waals surface area contributed by atoms with E-state index in [0.29, 0.717) is 16.9 Å². The van der Waals surface area contributed by atoms with Crippen LogP contribution in [-0.2, 0) is 0 Å². The van der Waals surface area contributed by atoms with Crippen molar-refractivity contribution in [3.63, 3.8) is 0 Å². The van der Waals surface area contributed by atoms with Gasteiger partial charge in [0.2, 0.25) is 0 Å². The summed E-state index contributed by atoms with van der Waals surface area (Å²) in [4.78, 5) is 12.2. The Balaban J connectivity index is 1.57. The summed E-state index contributed by atoms with van der Waals surface area (Å²) in [6.45, 7) is 0. The lowest BCUT2D eigenvalue weighted by Crippen LogP contribution is -2.40. The highest BCUT2D eigenvalue weighted by molar-refractivity contribution is 7.80. The largest absolute Gasteiger partial charge is 0.493 e. The SMILES string of the molecule is COc1cc(C=NNC(=S)NC2CCCCC2)ccc1OC(=O)c1ccc(F)cc1. The number of carbonyl (C=O) groups is 1. The summed E-state index contributed by atoms with van der Waals surface area (Å²) in [5.74, 6) is -0.394. The molecule has 1 aliphatic carbocycles. The minimum Gasteiger partial charge on any atom is -0.493 e. The molecular weight excluding hydrogens is 405 g/mol. The number of nitrogens with zero attached hydrogens (tertiary/aromatic N) is 1. The van der Waals surface area contributed by atoms with Crippen LogP contribution in [0.5, 0.6) is 11.5 Å². The average molecular weight is 430 g/mol. The number of methoxy groups -OCH3 is 1. The average Bonchev–Trinajstić information content (AvgIpc) is 2.75. The van der Waals surface area contributed by atoms with Gasteiger partial charge in [0.05, 0.1) is 18.9 Å². The van der Waals surface area contributed by atoms with Crippen molar-refractivity contribution in [2.75, 3.05) is 7.11 Å². The van der Waals surface area contributed by atoms with Crippen LogP contribution in [0, 0.1) is 5.82 Å². The van der Waals surface area contributed by atoms with Gasteiger partial charge in [-0.2, -0.15) is 5.10 Å². The van der Waals surface area contributed by atoms with Crippen LogP contribution < -0.4 is 20.2 Å². The third kappa shape index (κ3) is 6.25. The lowest BCUT2D eigenvalue weighted by atomic mass is 9.96. The zero-order chi connectivity index (χ0) is 21.3. The molecule has 8 heteroatoms. The van der Waals surface area contributed by atoms with Crippen LogP contribution in [0.2, 0.25) is 0 Å². The number of hydrogen-bond donors (Lipinski definition) is 2. The van der Waals surface area contributed by atoms with Crippen LogP contribution in [0.15, 0.2) is 47.6 Å². The van der Waals surface area contributed by atoms with Crippen molar-refractivity contribution < 1.29 is 18.7 Å². The quantitative estimate of drug-likeness (QED) is 0.236. The van der Waals surface area contributed by atoms with E-state index in [9.17, 15) is 9.18 Å². The molecule has 0 atom stereocenters. The summed E-state index contributed by atoms with van der Waals surface area (Å²) in [5.41, 5.74) is 3.80. The van der Waals surface area contributed by atoms with Crippen LogP contribution >= 0.6 is 12.2 Å². The molecule has 0 amide bonds. The van der Waals surface area contributed by atoms with Crippen molar-refractivity contribution in [1.82, 2.24) is 10.7 Å². The molecule has 0 unspecified atom stereocenters. The minimum absolute atomic E-state index is 0.243. The molecule has 0 heterocycles. The smallest absolute Gasteiger partial charge is 0.343 e. The van der Waals surface area contributed by atoms with Crippen molar-refractivity contribution in [1.29, 1.82) is 0 Å². The fourth-order valence-electron chi connectivity index (χ4n) is 3.22. The Hall–Kier alpha value is -3.00. The molecule has 0 radical (unpaired) electrons. The molecule has 158 valence electrons. The number of nitrogens with one attached hydrogen (secondary N) is 2. The summed E-state index contributed by atoms with van der Waals surface area (Å²) in [6, 6.07) is 10.6. The van der Waals surface area contributed by atoms with Gasteiger partial charge >= 0.3 is 5.97 Å². The molecule has 3 rings (SSSR count). The maximum Gasteiger partial charge on any atom is 0.343 e. The number of hydrazone groups is 1. The summed E-state index contributed by atoms with van der Waals surface area (Å²) < 4.78 is 23.7. The predicted molar refractivity (Wildman–Crippen MR) is 118 cm³/mol. The summed E-state index contributed by atoms with van der Waals surface area (Å²) in [7, 11) is 1.48. The Morgan fingerprint density at radius 1 is 1.13 bits per heavy atom. The first-order valence-electron chi connectivity index (χ1n) is 9.80. The third-order valence-electron chi connectivity index (χ3n) is 4.79. The number of esters is 1. The number of thiocarbonyl (C=S) groups is 1. The number of hydrogen-bond acceptors (Lipinski definition) is 5. The van der Waals surface area contributed by atoms with Crippen LogP contribution in [0.25, 0.3) is 0 Å². The van der Waals surface area contributed by atoms with E-state index in [1.165, 1.54) is 50.6 Å². The lowest BCUT2D eigenvalue weighted by molar-refractivity contribution is 0.0729. The first-order chi connectivity index (χ1) is 14.5. The van der Waals surface area contributed by atoms with Crippen molar-refractivity contribution in [2.45, 2.75) is 38.1 Å². The number of carbonyl (C=O) groups excluding carboxylic acids is 1. The highest BCUT2D eigenvalue weighted by atomic mass is 32.1. The van der Waals surface area contributed by atoms with Gasteiger partial charge in [0, 0.05) is 6.04 Å². The predicted octanol–water partition coefficient (Wildman–Crippen LogP) is 4.18. The topological polar surface area (TPSA) is 71.9 Å². The van der Waals surface area contributed by atoms with E-state index in [4.69, 9.17) is 21.7 Å². The Kier molecular flexibility index (Phi) is 7.73. The van der Waals surface area contributed by atoms with Gasteiger partial charge in [-0.1, -0.05) is 19.3 Å². The Morgan fingerprint density at radius 3 is 2.57 bits per heavy atom. The van der Waals surface area contributed by atoms with Gasteiger partial charge in [-0.15, -0.1) is 0 Å². The van der Waals surface area contributed by atoms with Crippen LogP contribution in [0.4, 0.5) is 4.39 Å². The molecule has 0 aliphatic heterocycles. The fraction of sp³-hybridized carbons (Fsp3) is 0.318. The van der Waals surface area contributed by atoms with E-state index in [2.05, 4.69) is 15.8 Å². The maximum absolute atomic E-state index is 13.0. The van der Waals surface area contributed by atoms with E-state index in [-0.39, 0.29) is 11.3 Å². The van der Waals surface area contributed by atoms with Gasteiger partial charge in [-0.05, 0) is 73.1 Å². The molecule has 1 aliphatic rings. The molecule has 0 spiro atoms. The van der Waals surface area contributed by atoms with Gasteiger partial charge in [0.1, 0.15) is 5.82 Å². The molecule has 30 heavy (non-hydrogen) atoms. The summed E-state index contributed by atoms with van der Waals surface area (Å²) >= 11 is 5.28.